The summed E-state index contributed by atoms with van der Waals surface area (Å²) in [4.78, 5) is 20.4. The van der Waals surface area contributed by atoms with E-state index in [0.717, 1.165) is 0 Å². The zero-order valence-corrected chi connectivity index (χ0v) is 4.92. The normalized spacial score (nSPS) is 9.20. The van der Waals surface area contributed by atoms with Crippen molar-refractivity contribution in [2.45, 2.75) is 0 Å². The quantitative estimate of drug-likeness (QED) is 0.547. The first-order valence-corrected chi connectivity index (χ1v) is 2.47. The Morgan fingerprint density at radius 2 is 2.50 bits per heavy atom. The number of H-pyrrole nitrogens is 1. The van der Waals surface area contributed by atoms with Crippen LogP contribution in [-0.4, -0.2) is 22.4 Å². The van der Waals surface area contributed by atoms with E-state index in [1.54, 1.807) is 0 Å². The van der Waals surface area contributed by atoms with E-state index in [4.69, 9.17) is 5.73 Å². The lowest BCUT2D eigenvalue weighted by Gasteiger charge is -1.84. The molecule has 1 aromatic heterocycles. The largest absolute Gasteiger partial charge is 0.365 e. The first-order valence-electron chi connectivity index (χ1n) is 2.47. The molecule has 3 N–H and O–H groups in total. The highest BCUT2D eigenvalue weighted by Gasteiger charge is 2.09. The van der Waals surface area contributed by atoms with E-state index in [2.05, 4.69) is 10.2 Å². The van der Waals surface area contributed by atoms with Crippen molar-refractivity contribution in [3.63, 3.8) is 0 Å². The monoisotopic (exact) mass is 138 g/mol. The van der Waals surface area contributed by atoms with Crippen LogP contribution < -0.4 is 5.73 Å². The number of carbonyl (C=O) groups is 1. The maximum atomic E-state index is 10.4. The molecule has 5 heteroatoms. The summed E-state index contributed by atoms with van der Waals surface area (Å²) in [5.74, 6) is -0.688. The number of carbonyl (C=O) groups excluding carboxylic acids is 2. The number of rotatable bonds is 2. The molecule has 0 aliphatic heterocycles. The molecule has 5 nitrogen and oxygen atoms in total. The summed E-state index contributed by atoms with van der Waals surface area (Å²) in [6.07, 6.45) is 2.72. The second kappa shape index (κ2) is 2.30. The van der Waals surface area contributed by atoms with Crippen molar-refractivity contribution in [2.24, 2.45) is 5.73 Å². The van der Waals surface area contributed by atoms with Crippen molar-refractivity contribution in [1.82, 2.24) is 10.2 Å². The van der Waals surface area contributed by atoms with Crippen molar-refractivity contribution >= 4 is 12.2 Å². The average molecular weight is 138 g/mol. The van der Waals surface area contributed by atoms with Gasteiger partial charge in [0.1, 0.15) is 5.69 Å². The molecule has 10 heavy (non-hydrogen) atoms. The summed E-state index contributed by atoms with van der Waals surface area (Å²) in [6, 6.07) is 0. The lowest BCUT2D eigenvalue weighted by Crippen LogP contribution is -2.12. The van der Waals surface area contributed by atoms with Gasteiger partial charge in [-0.3, -0.25) is 14.7 Å². The SMILES string of the molecule is NC(=O)c1c[nH]nc1[C]=O. The van der Waals surface area contributed by atoms with Gasteiger partial charge in [-0.05, 0) is 0 Å². The second-order valence-corrected chi connectivity index (χ2v) is 1.61. The summed E-state index contributed by atoms with van der Waals surface area (Å²) < 4.78 is 0. The van der Waals surface area contributed by atoms with E-state index in [1.165, 1.54) is 12.5 Å². The van der Waals surface area contributed by atoms with E-state index in [1.807, 2.05) is 0 Å². The first kappa shape index (κ1) is 6.47. The molecule has 51 valence electrons. The van der Waals surface area contributed by atoms with Crippen LogP contribution in [0.25, 0.3) is 0 Å². The van der Waals surface area contributed by atoms with Gasteiger partial charge in [-0.15, -0.1) is 0 Å². The Bertz CT molecular complexity index is 266. The number of amides is 1. The van der Waals surface area contributed by atoms with Crippen molar-refractivity contribution in [2.75, 3.05) is 0 Å². The van der Waals surface area contributed by atoms with Gasteiger partial charge in [0.05, 0.1) is 5.56 Å². The van der Waals surface area contributed by atoms with Gasteiger partial charge < -0.3 is 5.73 Å². The number of nitrogens with one attached hydrogen (secondary N) is 1. The molecule has 0 fully saturated rings. The molecule has 0 unspecified atom stereocenters. The van der Waals surface area contributed by atoms with Gasteiger partial charge >= 0.3 is 0 Å². The molecule has 1 rings (SSSR count). The minimum Gasteiger partial charge on any atom is -0.365 e. The highest BCUT2D eigenvalue weighted by molar-refractivity contribution is 5.99. The summed E-state index contributed by atoms with van der Waals surface area (Å²) in [5.41, 5.74) is 4.85. The van der Waals surface area contributed by atoms with Crippen molar-refractivity contribution in [3.05, 3.63) is 17.5 Å². The summed E-state index contributed by atoms with van der Waals surface area (Å²) in [5, 5.41) is 5.72. The van der Waals surface area contributed by atoms with Gasteiger partial charge in [0.2, 0.25) is 0 Å². The number of primary amides is 1. The molecule has 1 amide bonds. The molecule has 1 heterocycles. The van der Waals surface area contributed by atoms with Gasteiger partial charge in [0.25, 0.3) is 12.2 Å². The van der Waals surface area contributed by atoms with E-state index in [9.17, 15) is 9.59 Å². The topological polar surface area (TPSA) is 88.8 Å². The Hall–Kier alpha value is -1.65. The van der Waals surface area contributed by atoms with Crippen LogP contribution in [0.15, 0.2) is 6.20 Å². The highest BCUT2D eigenvalue weighted by Crippen LogP contribution is 1.98. The third-order valence-electron chi connectivity index (χ3n) is 1.00. The Labute approximate surface area is 56.2 Å². The molecule has 0 aliphatic carbocycles. The fourth-order valence-corrected chi connectivity index (χ4v) is 0.556. The fraction of sp³-hybridized carbons (Fsp3) is 0. The number of nitrogens with two attached hydrogens (primary N) is 1. The van der Waals surface area contributed by atoms with Crippen molar-refractivity contribution in [1.29, 1.82) is 0 Å². The number of hydrogen-bond acceptors (Lipinski definition) is 3. The fourth-order valence-electron chi connectivity index (χ4n) is 0.556. The van der Waals surface area contributed by atoms with Crippen molar-refractivity contribution in [3.8, 4) is 0 Å². The van der Waals surface area contributed by atoms with E-state index in [0.29, 0.717) is 0 Å². The zero-order chi connectivity index (χ0) is 7.56. The molecule has 0 atom stereocenters. The minimum atomic E-state index is -0.688. The van der Waals surface area contributed by atoms with E-state index < -0.39 is 5.91 Å². The Kier molecular flexibility index (Phi) is 1.49. The molecule has 0 saturated carbocycles. The second-order valence-electron chi connectivity index (χ2n) is 1.61. The first-order chi connectivity index (χ1) is 4.75. The molecular formula is C5H4N3O2. The molecular weight excluding hydrogens is 134 g/mol. The molecule has 0 aromatic carbocycles. The maximum Gasteiger partial charge on any atom is 0.256 e. The number of nitrogens with zero attached hydrogens (tertiary/aromatic N) is 1. The smallest absolute Gasteiger partial charge is 0.256 e. The standard InChI is InChI=1S/C5H4N3O2/c6-5(10)3-1-7-8-4(3)2-9/h1H,(H2,6,10)(H,7,8). The highest BCUT2D eigenvalue weighted by atomic mass is 16.1. The van der Waals surface area contributed by atoms with Gasteiger partial charge in [-0.2, -0.15) is 5.10 Å². The van der Waals surface area contributed by atoms with Crippen LogP contribution in [0.3, 0.4) is 0 Å². The van der Waals surface area contributed by atoms with Crippen LogP contribution in [-0.2, 0) is 4.79 Å². The van der Waals surface area contributed by atoms with Gasteiger partial charge in [-0.1, -0.05) is 0 Å². The van der Waals surface area contributed by atoms with Crippen LogP contribution in [0, 0.1) is 0 Å². The lowest BCUT2D eigenvalue weighted by atomic mass is 10.2. The summed E-state index contributed by atoms with van der Waals surface area (Å²) >= 11 is 0. The molecule has 0 saturated heterocycles. The summed E-state index contributed by atoms with van der Waals surface area (Å²) in [7, 11) is 0. The Balaban J connectivity index is 3.13. The van der Waals surface area contributed by atoms with E-state index in [-0.39, 0.29) is 11.3 Å². The van der Waals surface area contributed by atoms with Gasteiger partial charge in [0, 0.05) is 6.20 Å². The van der Waals surface area contributed by atoms with Crippen LogP contribution in [0.2, 0.25) is 0 Å². The van der Waals surface area contributed by atoms with Gasteiger partial charge in [-0.25, -0.2) is 0 Å². The number of hydrogen-bond donors (Lipinski definition) is 2. The molecule has 0 spiro atoms. The Morgan fingerprint density at radius 1 is 1.80 bits per heavy atom. The predicted molar refractivity (Wildman–Crippen MR) is 31.9 cm³/mol. The third kappa shape index (κ3) is 0.883. The van der Waals surface area contributed by atoms with Crippen molar-refractivity contribution < 1.29 is 9.59 Å². The summed E-state index contributed by atoms with van der Waals surface area (Å²) in [6.45, 7) is 0. The molecule has 0 bridgehead atoms. The average Bonchev–Trinajstić information content (AvgIpc) is 2.33. The molecule has 1 radical (unpaired) electrons. The van der Waals surface area contributed by atoms with Crippen LogP contribution in [0.5, 0.6) is 0 Å². The lowest BCUT2D eigenvalue weighted by molar-refractivity contribution is 0.1000. The maximum absolute atomic E-state index is 10.4. The zero-order valence-electron chi connectivity index (χ0n) is 4.92. The number of aromatic nitrogens is 2. The number of aromatic amines is 1. The van der Waals surface area contributed by atoms with Crippen LogP contribution in [0.4, 0.5) is 0 Å². The minimum absolute atomic E-state index is 0.0648. The van der Waals surface area contributed by atoms with Crippen LogP contribution >= 0.6 is 0 Å². The van der Waals surface area contributed by atoms with Crippen LogP contribution in [0.1, 0.15) is 16.1 Å². The van der Waals surface area contributed by atoms with E-state index >= 15 is 0 Å². The third-order valence-corrected chi connectivity index (χ3v) is 1.00. The Morgan fingerprint density at radius 3 is 2.90 bits per heavy atom. The van der Waals surface area contributed by atoms with Gasteiger partial charge in [0.15, 0.2) is 0 Å². The molecule has 1 aromatic rings. The molecule has 0 aliphatic rings. The predicted octanol–water partition coefficient (Wildman–Crippen LogP) is -1.03.